The quantitative estimate of drug-likeness (QED) is 0.547. The monoisotopic (exact) mass is 344 g/mol. The van der Waals surface area contributed by atoms with Gasteiger partial charge in [-0.3, -0.25) is 4.57 Å². The highest BCUT2D eigenvalue weighted by molar-refractivity contribution is 6.58. The normalized spacial score (nSPS) is 31.2. The number of hydrogen-bond donors (Lipinski definition) is 3. The first kappa shape index (κ1) is 18.0. The molecule has 0 saturated carbocycles. The van der Waals surface area contributed by atoms with Crippen LogP contribution in [0.2, 0.25) is 13.1 Å². The largest absolute Gasteiger partial charge is 0.394 e. The van der Waals surface area contributed by atoms with Gasteiger partial charge < -0.3 is 25.4 Å². The Morgan fingerprint density at radius 3 is 2.70 bits per heavy atom. The van der Waals surface area contributed by atoms with Crippen LogP contribution in [0.15, 0.2) is 11.1 Å². The molecule has 0 aliphatic carbocycles. The van der Waals surface area contributed by atoms with E-state index in [0.29, 0.717) is 0 Å². The highest BCUT2D eigenvalue weighted by atomic mass is 28.3. The van der Waals surface area contributed by atoms with E-state index in [2.05, 4.69) is 9.97 Å². The molecule has 1 aliphatic rings. The molecule has 4 N–H and O–H groups in total. The van der Waals surface area contributed by atoms with Crippen molar-refractivity contribution < 1.29 is 19.7 Å². The van der Waals surface area contributed by atoms with Crippen molar-refractivity contribution in [3.8, 4) is 0 Å². The van der Waals surface area contributed by atoms with Crippen molar-refractivity contribution in [1.29, 1.82) is 0 Å². The zero-order valence-corrected chi connectivity index (χ0v) is 14.9. The van der Waals surface area contributed by atoms with Crippen molar-refractivity contribution in [2.45, 2.75) is 56.7 Å². The Morgan fingerprint density at radius 2 is 2.22 bits per heavy atom. The number of nitrogen functional groups attached to an aromatic ring is 1. The van der Waals surface area contributed by atoms with Gasteiger partial charge in [0.2, 0.25) is 5.95 Å². The summed E-state index contributed by atoms with van der Waals surface area (Å²) < 4.78 is 13.1. The minimum absolute atomic E-state index is 0.134. The predicted octanol–water partition coefficient (Wildman–Crippen LogP) is -1.56. The number of hydrogen-bond acceptors (Lipinski definition) is 8. The minimum Gasteiger partial charge on any atom is -0.394 e. The van der Waals surface area contributed by atoms with Gasteiger partial charge in [-0.1, -0.05) is 13.1 Å². The molecule has 1 aromatic rings. The molecule has 1 aliphatic heterocycles. The molecule has 0 aromatic carbocycles. The van der Waals surface area contributed by atoms with Gasteiger partial charge in [0.15, 0.2) is 5.35 Å². The maximum absolute atomic E-state index is 12.3. The molecule has 0 bridgehead atoms. The van der Waals surface area contributed by atoms with Crippen LogP contribution in [0.1, 0.15) is 13.8 Å². The van der Waals surface area contributed by atoms with Gasteiger partial charge in [-0.25, -0.2) is 9.78 Å². The van der Waals surface area contributed by atoms with Crippen molar-refractivity contribution in [3.63, 3.8) is 0 Å². The van der Waals surface area contributed by atoms with Crippen molar-refractivity contribution in [2.75, 3.05) is 12.3 Å². The van der Waals surface area contributed by atoms with E-state index in [9.17, 15) is 15.0 Å². The van der Waals surface area contributed by atoms with Gasteiger partial charge in [0.05, 0.1) is 21.5 Å². The molecule has 9 nitrogen and oxygen atoms in total. The molecule has 0 radical (unpaired) electrons. The van der Waals surface area contributed by atoms with Gasteiger partial charge in [-0.2, -0.15) is 4.98 Å². The third-order valence-electron chi connectivity index (χ3n) is 3.96. The Labute approximate surface area is 135 Å². The highest BCUT2D eigenvalue weighted by Crippen LogP contribution is 2.39. The molecule has 10 heteroatoms. The van der Waals surface area contributed by atoms with Crippen LogP contribution in [-0.2, 0) is 14.8 Å². The van der Waals surface area contributed by atoms with Crippen LogP contribution in [0.25, 0.3) is 0 Å². The van der Waals surface area contributed by atoms with E-state index in [-0.39, 0.29) is 18.7 Å². The second-order valence-corrected chi connectivity index (χ2v) is 9.35. The molecule has 130 valence electrons. The fourth-order valence-corrected chi connectivity index (χ4v) is 5.07. The fraction of sp³-hybridized carbons (Fsp3) is 0.769. The summed E-state index contributed by atoms with van der Waals surface area (Å²) in [6.07, 6.45) is -1.66. The number of anilines is 1. The lowest BCUT2D eigenvalue weighted by molar-refractivity contribution is -0.126. The van der Waals surface area contributed by atoms with Gasteiger partial charge in [0, 0.05) is 0 Å². The van der Waals surface area contributed by atoms with Crippen LogP contribution in [0.5, 0.6) is 0 Å². The Bertz CT molecular complexity index is 610. The number of aliphatic hydroxyl groups excluding tert-OH is 2. The molecule has 0 amide bonds. The maximum Gasteiger partial charge on any atom is 0.354 e. The number of aromatic nitrogens is 3. The molecular weight excluding hydrogens is 320 g/mol. The molecule has 1 aromatic heterocycles. The maximum atomic E-state index is 12.3. The van der Waals surface area contributed by atoms with Crippen LogP contribution in [0.3, 0.4) is 0 Å². The lowest BCUT2D eigenvalue weighted by atomic mass is 10.1. The molecule has 4 atom stereocenters. The molecule has 1 saturated heterocycles. The number of rotatable bonds is 5. The van der Waals surface area contributed by atoms with E-state index in [4.69, 9.17) is 15.2 Å². The average Bonchev–Trinajstić information content (AvgIpc) is 2.73. The summed E-state index contributed by atoms with van der Waals surface area (Å²) in [4.78, 5) is 19.9. The Kier molecular flexibility index (Phi) is 5.21. The van der Waals surface area contributed by atoms with Crippen molar-refractivity contribution >= 4 is 14.7 Å². The Morgan fingerprint density at radius 1 is 1.57 bits per heavy atom. The lowest BCUT2D eigenvalue weighted by Crippen LogP contribution is -2.59. The Hall–Kier alpha value is -1.33. The van der Waals surface area contributed by atoms with E-state index >= 15 is 0 Å². The number of nitrogens with two attached hydrogens (primary N) is 1. The van der Waals surface area contributed by atoms with Gasteiger partial charge >= 0.3 is 5.69 Å². The van der Waals surface area contributed by atoms with Gasteiger partial charge in [0.25, 0.3) is 0 Å². The van der Waals surface area contributed by atoms with Crippen LogP contribution in [-0.4, -0.2) is 64.6 Å². The average molecular weight is 344 g/mol. The standard InChI is InChI=1S/C13H24N4O5Si/c1-7(2)21-10-9(19)8(5-18)22-13(10,23(3)4)17-6-15-11(14)16-12(17)20/h6-10,18-19,23H,5H2,1-4H3,(H2,14,16,20)/t8-,9-,10-,13+/m1/s1. The number of aliphatic hydroxyl groups is 2. The summed E-state index contributed by atoms with van der Waals surface area (Å²) in [5.41, 5.74) is 4.83. The molecule has 1 fully saturated rings. The fourth-order valence-electron chi connectivity index (χ4n) is 2.96. The third-order valence-corrected chi connectivity index (χ3v) is 6.36. The molecule has 23 heavy (non-hydrogen) atoms. The zero-order valence-electron chi connectivity index (χ0n) is 13.7. The Balaban J connectivity index is 2.63. The second-order valence-electron chi connectivity index (χ2n) is 6.21. The van der Waals surface area contributed by atoms with Crippen LogP contribution in [0, 0.1) is 0 Å². The molecule has 2 rings (SSSR count). The summed E-state index contributed by atoms with van der Waals surface area (Å²) in [5.74, 6) is -0.134. The first-order valence-corrected chi connectivity index (χ1v) is 10.5. The summed E-state index contributed by atoms with van der Waals surface area (Å²) in [5, 5.41) is 18.8. The second kappa shape index (κ2) is 6.65. The summed E-state index contributed by atoms with van der Waals surface area (Å²) >= 11 is 0. The summed E-state index contributed by atoms with van der Waals surface area (Å²) in [6, 6.07) is 0. The minimum atomic E-state index is -1.81. The molecule has 0 unspecified atom stereocenters. The van der Waals surface area contributed by atoms with Gasteiger partial charge in [-0.05, 0) is 13.8 Å². The van der Waals surface area contributed by atoms with Crippen molar-refractivity contribution in [2.24, 2.45) is 0 Å². The molecular formula is C13H24N4O5Si. The van der Waals surface area contributed by atoms with E-state index in [1.54, 1.807) is 0 Å². The van der Waals surface area contributed by atoms with E-state index in [1.807, 2.05) is 26.9 Å². The van der Waals surface area contributed by atoms with Crippen LogP contribution in [0.4, 0.5) is 5.95 Å². The van der Waals surface area contributed by atoms with E-state index in [1.165, 1.54) is 10.9 Å². The van der Waals surface area contributed by atoms with Gasteiger partial charge in [0.1, 0.15) is 24.6 Å². The number of ether oxygens (including phenoxy) is 2. The SMILES string of the molecule is CC(C)O[C@@H]1[C@H](O)[C@@H](CO)O[C@]1(n1cnc(N)nc1=O)[SiH](C)C. The first-order valence-electron chi connectivity index (χ1n) is 7.57. The third kappa shape index (κ3) is 3.04. The summed E-state index contributed by atoms with van der Waals surface area (Å²) in [6.45, 7) is 7.20. The first-order chi connectivity index (χ1) is 10.7. The van der Waals surface area contributed by atoms with E-state index in [0.717, 1.165) is 0 Å². The highest BCUT2D eigenvalue weighted by Gasteiger charge is 2.59. The smallest absolute Gasteiger partial charge is 0.354 e. The van der Waals surface area contributed by atoms with Crippen molar-refractivity contribution in [1.82, 2.24) is 14.5 Å². The lowest BCUT2D eigenvalue weighted by Gasteiger charge is -2.39. The van der Waals surface area contributed by atoms with Crippen LogP contribution >= 0.6 is 0 Å². The zero-order chi connectivity index (χ0) is 17.4. The summed E-state index contributed by atoms with van der Waals surface area (Å²) in [7, 11) is -1.81. The van der Waals surface area contributed by atoms with Gasteiger partial charge in [-0.15, -0.1) is 0 Å². The van der Waals surface area contributed by atoms with Crippen molar-refractivity contribution in [3.05, 3.63) is 16.8 Å². The molecule has 2 heterocycles. The topological polar surface area (TPSA) is 133 Å². The molecule has 0 spiro atoms. The number of nitrogens with zero attached hydrogens (tertiary/aromatic N) is 3. The van der Waals surface area contributed by atoms with Crippen LogP contribution < -0.4 is 11.4 Å². The predicted molar refractivity (Wildman–Crippen MR) is 85.5 cm³/mol. The van der Waals surface area contributed by atoms with E-state index < -0.39 is 38.1 Å².